The zero-order chi connectivity index (χ0) is 17.3. The first-order valence-electron chi connectivity index (χ1n) is 7.46. The zero-order valence-electron chi connectivity index (χ0n) is 13.6. The van der Waals surface area contributed by atoms with Crippen LogP contribution < -0.4 is 5.32 Å². The van der Waals surface area contributed by atoms with Gasteiger partial charge in [-0.15, -0.1) is 11.3 Å². The van der Waals surface area contributed by atoms with E-state index in [1.165, 1.54) is 11.3 Å². The van der Waals surface area contributed by atoms with Crippen molar-refractivity contribution in [1.82, 2.24) is 14.8 Å². The summed E-state index contributed by atoms with van der Waals surface area (Å²) < 4.78 is 1.83. The summed E-state index contributed by atoms with van der Waals surface area (Å²) in [6, 6.07) is 5.82. The minimum Gasteiger partial charge on any atom is -0.302 e. The third kappa shape index (κ3) is 3.34. The van der Waals surface area contributed by atoms with Crippen molar-refractivity contribution in [2.45, 2.75) is 27.2 Å². The van der Waals surface area contributed by atoms with Crippen molar-refractivity contribution in [2.24, 2.45) is 0 Å². The number of nitrogens with one attached hydrogen (secondary N) is 1. The highest BCUT2D eigenvalue weighted by Crippen LogP contribution is 2.23. The minimum atomic E-state index is -0.0994. The molecule has 2 heterocycles. The molecule has 1 aromatic carbocycles. The van der Waals surface area contributed by atoms with Gasteiger partial charge in [0.05, 0.1) is 17.8 Å². The van der Waals surface area contributed by atoms with Gasteiger partial charge >= 0.3 is 0 Å². The Hall–Kier alpha value is -2.18. The van der Waals surface area contributed by atoms with Gasteiger partial charge in [0.15, 0.2) is 5.13 Å². The molecular weight excluding hydrogens is 344 g/mol. The molecule has 124 valence electrons. The molecule has 24 heavy (non-hydrogen) atoms. The van der Waals surface area contributed by atoms with Crippen LogP contribution in [0.5, 0.6) is 0 Å². The molecule has 0 saturated carbocycles. The van der Waals surface area contributed by atoms with Crippen LogP contribution >= 0.6 is 22.9 Å². The van der Waals surface area contributed by atoms with Crippen LogP contribution in [0, 0.1) is 20.8 Å². The standard InChI is InChI=1S/C17H17ClN4OS/c1-10-4-5-13(8-15(10)18)22-12(3)14(11(2)21-22)9-16(23)20-17-19-6-7-24-17/h4-8H,9H2,1-3H3,(H,19,20,23). The Morgan fingerprint density at radius 2 is 2.12 bits per heavy atom. The third-order valence-corrected chi connectivity index (χ3v) is 4.95. The summed E-state index contributed by atoms with van der Waals surface area (Å²) in [7, 11) is 0. The Morgan fingerprint density at radius 3 is 2.79 bits per heavy atom. The molecular formula is C17H17ClN4OS. The van der Waals surface area contributed by atoms with Crippen LogP contribution in [0.1, 0.15) is 22.5 Å². The molecule has 5 nitrogen and oxygen atoms in total. The Balaban J connectivity index is 1.86. The Bertz CT molecular complexity index is 886. The van der Waals surface area contributed by atoms with Gasteiger partial charge in [0, 0.05) is 27.9 Å². The molecule has 1 amide bonds. The van der Waals surface area contributed by atoms with Gasteiger partial charge in [-0.05, 0) is 38.5 Å². The molecule has 2 aromatic heterocycles. The van der Waals surface area contributed by atoms with Gasteiger partial charge in [-0.2, -0.15) is 5.10 Å². The Kier molecular flexibility index (Phi) is 4.69. The number of rotatable bonds is 4. The second-order valence-corrected chi connectivity index (χ2v) is 6.86. The molecule has 3 aromatic rings. The number of carbonyl (C=O) groups excluding carboxylic acids is 1. The number of aromatic nitrogens is 3. The largest absolute Gasteiger partial charge is 0.302 e. The lowest BCUT2D eigenvalue weighted by atomic mass is 10.1. The van der Waals surface area contributed by atoms with E-state index in [2.05, 4.69) is 15.4 Å². The number of hydrogen-bond acceptors (Lipinski definition) is 4. The average molecular weight is 361 g/mol. The molecule has 0 atom stereocenters. The number of benzene rings is 1. The van der Waals surface area contributed by atoms with Crippen LogP contribution in [0.25, 0.3) is 5.69 Å². The normalized spacial score (nSPS) is 10.8. The molecule has 0 saturated heterocycles. The first kappa shape index (κ1) is 16.7. The van der Waals surface area contributed by atoms with Crippen LogP contribution in [-0.4, -0.2) is 20.7 Å². The van der Waals surface area contributed by atoms with Crippen LogP contribution in [0.4, 0.5) is 5.13 Å². The summed E-state index contributed by atoms with van der Waals surface area (Å²) in [6.07, 6.45) is 1.92. The first-order chi connectivity index (χ1) is 11.5. The van der Waals surface area contributed by atoms with E-state index in [1.807, 2.05) is 49.0 Å². The van der Waals surface area contributed by atoms with Crippen molar-refractivity contribution in [3.8, 4) is 5.69 Å². The van der Waals surface area contributed by atoms with Crippen LogP contribution in [-0.2, 0) is 11.2 Å². The Labute approximate surface area is 149 Å². The van der Waals surface area contributed by atoms with Gasteiger partial charge in [0.1, 0.15) is 0 Å². The second kappa shape index (κ2) is 6.75. The number of thiazole rings is 1. The van der Waals surface area contributed by atoms with E-state index in [0.29, 0.717) is 10.2 Å². The summed E-state index contributed by atoms with van der Waals surface area (Å²) in [6.45, 7) is 5.83. The van der Waals surface area contributed by atoms with Crippen molar-refractivity contribution in [3.63, 3.8) is 0 Å². The van der Waals surface area contributed by atoms with Gasteiger partial charge in [0.25, 0.3) is 0 Å². The first-order valence-corrected chi connectivity index (χ1v) is 8.72. The van der Waals surface area contributed by atoms with Crippen molar-refractivity contribution in [2.75, 3.05) is 5.32 Å². The van der Waals surface area contributed by atoms with E-state index < -0.39 is 0 Å². The van der Waals surface area contributed by atoms with E-state index in [-0.39, 0.29) is 12.3 Å². The number of amides is 1. The smallest absolute Gasteiger partial charge is 0.230 e. The SMILES string of the molecule is Cc1ccc(-n2nc(C)c(CC(=O)Nc3nccs3)c2C)cc1Cl. The van der Waals surface area contributed by atoms with E-state index in [0.717, 1.165) is 28.2 Å². The highest BCUT2D eigenvalue weighted by Gasteiger charge is 2.17. The van der Waals surface area contributed by atoms with Gasteiger partial charge < -0.3 is 5.32 Å². The fraction of sp³-hybridized carbons (Fsp3) is 0.235. The summed E-state index contributed by atoms with van der Waals surface area (Å²) in [4.78, 5) is 16.3. The number of anilines is 1. The van der Waals surface area contributed by atoms with Gasteiger partial charge in [-0.3, -0.25) is 4.79 Å². The predicted molar refractivity (Wildman–Crippen MR) is 97.2 cm³/mol. The van der Waals surface area contributed by atoms with Gasteiger partial charge in [-0.1, -0.05) is 17.7 Å². The molecule has 7 heteroatoms. The number of nitrogens with zero attached hydrogens (tertiary/aromatic N) is 3. The summed E-state index contributed by atoms with van der Waals surface area (Å²) in [5.41, 5.74) is 4.59. The number of halogens is 1. The maximum atomic E-state index is 12.2. The number of carbonyl (C=O) groups is 1. The molecule has 0 bridgehead atoms. The van der Waals surface area contributed by atoms with Crippen molar-refractivity contribution in [1.29, 1.82) is 0 Å². The summed E-state index contributed by atoms with van der Waals surface area (Å²) in [5.74, 6) is -0.0994. The third-order valence-electron chi connectivity index (χ3n) is 3.86. The lowest BCUT2D eigenvalue weighted by molar-refractivity contribution is -0.115. The number of aryl methyl sites for hydroxylation is 2. The van der Waals surface area contributed by atoms with E-state index in [1.54, 1.807) is 6.20 Å². The van der Waals surface area contributed by atoms with Crippen molar-refractivity contribution >= 4 is 34.0 Å². The van der Waals surface area contributed by atoms with E-state index in [9.17, 15) is 4.79 Å². The molecule has 0 aliphatic heterocycles. The second-order valence-electron chi connectivity index (χ2n) is 5.56. The molecule has 0 aliphatic carbocycles. The molecule has 0 radical (unpaired) electrons. The maximum Gasteiger partial charge on any atom is 0.230 e. The highest BCUT2D eigenvalue weighted by molar-refractivity contribution is 7.13. The van der Waals surface area contributed by atoms with E-state index >= 15 is 0 Å². The summed E-state index contributed by atoms with van der Waals surface area (Å²) >= 11 is 7.61. The quantitative estimate of drug-likeness (QED) is 0.762. The van der Waals surface area contributed by atoms with Gasteiger partial charge in [0.2, 0.25) is 5.91 Å². The van der Waals surface area contributed by atoms with E-state index in [4.69, 9.17) is 11.6 Å². The topological polar surface area (TPSA) is 59.8 Å². The van der Waals surface area contributed by atoms with Gasteiger partial charge in [-0.25, -0.2) is 9.67 Å². The monoisotopic (exact) mass is 360 g/mol. The molecule has 0 fully saturated rings. The van der Waals surface area contributed by atoms with Crippen LogP contribution in [0.2, 0.25) is 5.02 Å². The van der Waals surface area contributed by atoms with Crippen molar-refractivity contribution < 1.29 is 4.79 Å². The van der Waals surface area contributed by atoms with Crippen molar-refractivity contribution in [3.05, 3.63) is 57.3 Å². The molecule has 1 N–H and O–H groups in total. The minimum absolute atomic E-state index is 0.0994. The predicted octanol–water partition coefficient (Wildman–Crippen LogP) is 4.09. The molecule has 0 spiro atoms. The zero-order valence-corrected chi connectivity index (χ0v) is 15.2. The fourth-order valence-corrected chi connectivity index (χ4v) is 3.22. The van der Waals surface area contributed by atoms with Crippen LogP contribution in [0.3, 0.4) is 0 Å². The molecule has 3 rings (SSSR count). The lowest BCUT2D eigenvalue weighted by Crippen LogP contribution is -2.15. The molecule has 0 unspecified atom stereocenters. The summed E-state index contributed by atoms with van der Waals surface area (Å²) in [5, 5.41) is 10.5. The maximum absolute atomic E-state index is 12.2. The average Bonchev–Trinajstić information content (AvgIpc) is 3.13. The number of hydrogen-bond donors (Lipinski definition) is 1. The lowest BCUT2D eigenvalue weighted by Gasteiger charge is -2.07. The fourth-order valence-electron chi connectivity index (χ4n) is 2.50. The van der Waals surface area contributed by atoms with Crippen LogP contribution in [0.15, 0.2) is 29.8 Å². The Morgan fingerprint density at radius 1 is 1.33 bits per heavy atom. The molecule has 0 aliphatic rings. The highest BCUT2D eigenvalue weighted by atomic mass is 35.5.